The molecule has 1 aliphatic rings. The lowest BCUT2D eigenvalue weighted by Gasteiger charge is -2.29. The first-order chi connectivity index (χ1) is 9.24. The molecular formula is C16H19NOS. The molecule has 100 valence electrons. The molecule has 1 saturated carbocycles. The van der Waals surface area contributed by atoms with Gasteiger partial charge in [-0.2, -0.15) is 0 Å². The van der Waals surface area contributed by atoms with E-state index in [1.807, 2.05) is 18.4 Å². The third-order valence-corrected chi connectivity index (χ3v) is 4.92. The van der Waals surface area contributed by atoms with Crippen LogP contribution in [0.5, 0.6) is 0 Å². The second-order valence-electron chi connectivity index (χ2n) is 5.36. The van der Waals surface area contributed by atoms with Crippen LogP contribution in [-0.2, 0) is 6.42 Å². The van der Waals surface area contributed by atoms with Crippen LogP contribution in [0.1, 0.15) is 53.1 Å². The van der Waals surface area contributed by atoms with Gasteiger partial charge in [-0.15, -0.1) is 11.3 Å². The summed E-state index contributed by atoms with van der Waals surface area (Å²) in [6.45, 7) is 1.99. The van der Waals surface area contributed by atoms with Crippen molar-refractivity contribution in [3.8, 4) is 0 Å². The number of aromatic nitrogens is 1. The van der Waals surface area contributed by atoms with Crippen molar-refractivity contribution in [1.29, 1.82) is 0 Å². The van der Waals surface area contributed by atoms with E-state index in [9.17, 15) is 5.11 Å². The van der Waals surface area contributed by atoms with Crippen LogP contribution in [-0.4, -0.2) is 10.1 Å². The van der Waals surface area contributed by atoms with Crippen molar-refractivity contribution in [2.75, 3.05) is 0 Å². The summed E-state index contributed by atoms with van der Waals surface area (Å²) >= 11 is 1.64. The maximum absolute atomic E-state index is 10.5. The van der Waals surface area contributed by atoms with Crippen LogP contribution in [0.3, 0.4) is 0 Å². The summed E-state index contributed by atoms with van der Waals surface area (Å²) in [4.78, 5) is 4.44. The molecular weight excluding hydrogens is 254 g/mol. The highest BCUT2D eigenvalue weighted by Gasteiger charge is 2.24. The minimum Gasteiger partial charge on any atom is -0.388 e. The van der Waals surface area contributed by atoms with Crippen LogP contribution in [0.4, 0.5) is 0 Å². The van der Waals surface area contributed by atoms with Gasteiger partial charge < -0.3 is 5.11 Å². The summed E-state index contributed by atoms with van der Waals surface area (Å²) in [5, 5.41) is 13.6. The average molecular weight is 273 g/mol. The summed E-state index contributed by atoms with van der Waals surface area (Å²) in [6, 6.07) is 8.35. The Morgan fingerprint density at radius 3 is 2.79 bits per heavy atom. The molecule has 0 spiro atoms. The molecule has 1 unspecified atom stereocenters. The molecule has 3 rings (SSSR count). The Kier molecular flexibility index (Phi) is 3.67. The zero-order chi connectivity index (χ0) is 13.2. The van der Waals surface area contributed by atoms with Crippen LogP contribution in [0.25, 0.3) is 0 Å². The Morgan fingerprint density at radius 2 is 2.16 bits per heavy atom. The Bertz CT molecular complexity index is 559. The Morgan fingerprint density at radius 1 is 1.37 bits per heavy atom. The van der Waals surface area contributed by atoms with Crippen molar-refractivity contribution in [3.05, 3.63) is 51.5 Å². The molecule has 1 aromatic carbocycles. The van der Waals surface area contributed by atoms with Gasteiger partial charge in [-0.1, -0.05) is 30.7 Å². The second kappa shape index (κ2) is 5.43. The minimum absolute atomic E-state index is 0.428. The molecule has 1 atom stereocenters. The lowest BCUT2D eigenvalue weighted by atomic mass is 9.77. The lowest BCUT2D eigenvalue weighted by Crippen LogP contribution is -2.14. The van der Waals surface area contributed by atoms with Crippen molar-refractivity contribution in [2.24, 2.45) is 0 Å². The van der Waals surface area contributed by atoms with Crippen LogP contribution in [0, 0.1) is 6.92 Å². The summed E-state index contributed by atoms with van der Waals surface area (Å²) < 4.78 is 0. The number of aliphatic hydroxyl groups is 1. The molecule has 1 aromatic heterocycles. The highest BCUT2D eigenvalue weighted by Crippen LogP contribution is 2.39. The normalized spacial score (nSPS) is 17.2. The number of thiazole rings is 1. The number of hydrogen-bond donors (Lipinski definition) is 1. The molecule has 19 heavy (non-hydrogen) atoms. The van der Waals surface area contributed by atoms with Crippen molar-refractivity contribution < 1.29 is 5.11 Å². The molecule has 0 amide bonds. The third kappa shape index (κ3) is 2.72. The summed E-state index contributed by atoms with van der Waals surface area (Å²) in [6.07, 6.45) is 4.05. The van der Waals surface area contributed by atoms with Crippen molar-refractivity contribution in [2.45, 2.75) is 44.6 Å². The van der Waals surface area contributed by atoms with E-state index in [-0.39, 0.29) is 0 Å². The number of benzene rings is 1. The maximum atomic E-state index is 10.5. The molecule has 0 saturated heterocycles. The fourth-order valence-corrected chi connectivity index (χ4v) is 3.49. The zero-order valence-corrected chi connectivity index (χ0v) is 12.0. The van der Waals surface area contributed by atoms with E-state index in [0.29, 0.717) is 12.3 Å². The highest BCUT2D eigenvalue weighted by atomic mass is 32.1. The van der Waals surface area contributed by atoms with Gasteiger partial charge in [0.2, 0.25) is 0 Å². The third-order valence-electron chi connectivity index (χ3n) is 3.93. The van der Waals surface area contributed by atoms with E-state index in [0.717, 1.165) is 16.3 Å². The van der Waals surface area contributed by atoms with E-state index in [2.05, 4.69) is 23.2 Å². The van der Waals surface area contributed by atoms with Crippen LogP contribution in [0.2, 0.25) is 0 Å². The van der Waals surface area contributed by atoms with Gasteiger partial charge in [0.15, 0.2) is 0 Å². The molecule has 0 aliphatic heterocycles. The molecule has 1 fully saturated rings. The number of aliphatic hydroxyl groups excluding tert-OH is 1. The fourth-order valence-electron chi connectivity index (χ4n) is 2.68. The Balaban J connectivity index is 1.80. The van der Waals surface area contributed by atoms with Crippen molar-refractivity contribution >= 4 is 11.3 Å². The van der Waals surface area contributed by atoms with Gasteiger partial charge in [0.25, 0.3) is 0 Å². The van der Waals surface area contributed by atoms with Gasteiger partial charge >= 0.3 is 0 Å². The molecule has 0 bridgehead atoms. The van der Waals surface area contributed by atoms with Crippen LogP contribution in [0.15, 0.2) is 29.6 Å². The number of hydrogen-bond acceptors (Lipinski definition) is 3. The zero-order valence-electron chi connectivity index (χ0n) is 11.2. The Hall–Kier alpha value is -1.19. The highest BCUT2D eigenvalue weighted by molar-refractivity contribution is 7.09. The first-order valence-electron chi connectivity index (χ1n) is 6.92. The lowest BCUT2D eigenvalue weighted by molar-refractivity contribution is 0.175. The SMILES string of the molecule is Cc1csc(CC(O)c2ccccc2C2CCC2)n1. The smallest absolute Gasteiger partial charge is 0.0957 e. The topological polar surface area (TPSA) is 33.1 Å². The Labute approximate surface area is 118 Å². The maximum Gasteiger partial charge on any atom is 0.0957 e. The monoisotopic (exact) mass is 273 g/mol. The first kappa shape index (κ1) is 12.8. The summed E-state index contributed by atoms with van der Waals surface area (Å²) in [5.41, 5.74) is 3.48. The molecule has 0 radical (unpaired) electrons. The summed E-state index contributed by atoms with van der Waals surface area (Å²) in [7, 11) is 0. The molecule has 2 aromatic rings. The van der Waals surface area contributed by atoms with E-state index < -0.39 is 6.10 Å². The number of nitrogens with zero attached hydrogens (tertiary/aromatic N) is 1. The van der Waals surface area contributed by atoms with E-state index in [1.54, 1.807) is 11.3 Å². The quantitative estimate of drug-likeness (QED) is 0.913. The van der Waals surface area contributed by atoms with Crippen LogP contribution >= 0.6 is 11.3 Å². The minimum atomic E-state index is -0.428. The van der Waals surface area contributed by atoms with Gasteiger partial charge in [-0.3, -0.25) is 0 Å². The molecule has 1 N–H and O–H groups in total. The number of aryl methyl sites for hydroxylation is 1. The molecule has 1 heterocycles. The molecule has 3 heteroatoms. The molecule has 1 aliphatic carbocycles. The summed E-state index contributed by atoms with van der Waals surface area (Å²) in [5.74, 6) is 0.656. The predicted octanol–water partition coefficient (Wildman–Crippen LogP) is 4.00. The fraction of sp³-hybridized carbons (Fsp3) is 0.438. The van der Waals surface area contributed by atoms with Gasteiger partial charge in [0.05, 0.1) is 11.1 Å². The van der Waals surface area contributed by atoms with Crippen molar-refractivity contribution in [1.82, 2.24) is 4.98 Å². The molecule has 2 nitrogen and oxygen atoms in total. The van der Waals surface area contributed by atoms with Gasteiger partial charge in [-0.05, 0) is 36.8 Å². The van der Waals surface area contributed by atoms with Gasteiger partial charge in [0.1, 0.15) is 0 Å². The predicted molar refractivity (Wildman–Crippen MR) is 78.5 cm³/mol. The van der Waals surface area contributed by atoms with Gasteiger partial charge in [-0.25, -0.2) is 4.98 Å². The van der Waals surface area contributed by atoms with E-state index in [4.69, 9.17) is 0 Å². The second-order valence-corrected chi connectivity index (χ2v) is 6.30. The number of rotatable bonds is 4. The largest absolute Gasteiger partial charge is 0.388 e. The standard InChI is InChI=1S/C16H19NOS/c1-11-10-19-16(17-11)9-15(18)14-8-3-2-7-13(14)12-5-4-6-12/h2-3,7-8,10,12,15,18H,4-6,9H2,1H3. The van der Waals surface area contributed by atoms with E-state index >= 15 is 0 Å². The van der Waals surface area contributed by atoms with Gasteiger partial charge in [0, 0.05) is 17.5 Å². The average Bonchev–Trinajstić information content (AvgIpc) is 2.73. The van der Waals surface area contributed by atoms with E-state index in [1.165, 1.54) is 24.8 Å². The van der Waals surface area contributed by atoms with Crippen molar-refractivity contribution in [3.63, 3.8) is 0 Å². The van der Waals surface area contributed by atoms with Crippen LogP contribution < -0.4 is 0 Å². The first-order valence-corrected chi connectivity index (χ1v) is 7.80.